The Labute approximate surface area is 131 Å². The fourth-order valence-corrected chi connectivity index (χ4v) is 3.64. The zero-order chi connectivity index (χ0) is 15.2. The van der Waals surface area contributed by atoms with Crippen molar-refractivity contribution in [3.8, 4) is 0 Å². The van der Waals surface area contributed by atoms with E-state index in [1.807, 2.05) is 24.3 Å². The molecule has 7 heteroatoms. The summed E-state index contributed by atoms with van der Waals surface area (Å²) >= 11 is 3.00. The molecule has 0 bridgehead atoms. The van der Waals surface area contributed by atoms with Gasteiger partial charge in [0.1, 0.15) is 0 Å². The van der Waals surface area contributed by atoms with Crippen LogP contribution in [0.25, 0.3) is 10.2 Å². The van der Waals surface area contributed by atoms with Crippen LogP contribution in [0.15, 0.2) is 28.6 Å². The lowest BCUT2D eigenvalue weighted by Gasteiger charge is -2.15. The number of rotatable bonds is 6. The minimum absolute atomic E-state index is 0.0249. The van der Waals surface area contributed by atoms with Gasteiger partial charge < -0.3 is 9.64 Å². The van der Waals surface area contributed by atoms with E-state index in [2.05, 4.69) is 9.72 Å². The third-order valence-electron chi connectivity index (χ3n) is 2.90. The topological polar surface area (TPSA) is 59.5 Å². The molecule has 0 fully saturated rings. The molecule has 0 atom stereocenters. The Morgan fingerprint density at radius 1 is 1.38 bits per heavy atom. The van der Waals surface area contributed by atoms with Gasteiger partial charge in [-0.3, -0.25) is 9.59 Å². The Hall–Kier alpha value is -1.60. The molecule has 0 unspecified atom stereocenters. The number of ether oxygens (including phenoxy) is 1. The molecule has 0 saturated carbocycles. The van der Waals surface area contributed by atoms with Gasteiger partial charge in [-0.05, 0) is 12.1 Å². The normalized spacial score (nSPS) is 10.6. The summed E-state index contributed by atoms with van der Waals surface area (Å²) in [6.07, 6.45) is 0.213. The van der Waals surface area contributed by atoms with Crippen molar-refractivity contribution >= 4 is 45.2 Å². The number of carbonyl (C=O) groups is 2. The Morgan fingerprint density at radius 2 is 2.14 bits per heavy atom. The van der Waals surface area contributed by atoms with E-state index < -0.39 is 0 Å². The predicted molar refractivity (Wildman–Crippen MR) is 84.6 cm³/mol. The van der Waals surface area contributed by atoms with E-state index in [9.17, 15) is 9.59 Å². The summed E-state index contributed by atoms with van der Waals surface area (Å²) in [6.45, 7) is 0.367. The van der Waals surface area contributed by atoms with Gasteiger partial charge in [-0.1, -0.05) is 23.9 Å². The van der Waals surface area contributed by atoms with Crippen LogP contribution in [-0.4, -0.2) is 48.2 Å². The van der Waals surface area contributed by atoms with E-state index in [0.29, 0.717) is 12.3 Å². The highest BCUT2D eigenvalue weighted by molar-refractivity contribution is 8.01. The molecule has 0 radical (unpaired) electrons. The Balaban J connectivity index is 1.84. The summed E-state index contributed by atoms with van der Waals surface area (Å²) in [5.74, 6) is -0.0195. The number of hydrogen-bond donors (Lipinski definition) is 0. The van der Waals surface area contributed by atoms with Crippen LogP contribution < -0.4 is 0 Å². The van der Waals surface area contributed by atoms with Crippen molar-refractivity contribution in [3.63, 3.8) is 0 Å². The average Bonchev–Trinajstić information content (AvgIpc) is 2.92. The van der Waals surface area contributed by atoms with Crippen molar-refractivity contribution in [3.05, 3.63) is 24.3 Å². The van der Waals surface area contributed by atoms with Gasteiger partial charge in [0.25, 0.3) is 0 Å². The minimum Gasteiger partial charge on any atom is -0.469 e. The number of aromatic nitrogens is 1. The predicted octanol–water partition coefficient (Wildman–Crippen LogP) is 2.41. The smallest absolute Gasteiger partial charge is 0.307 e. The van der Waals surface area contributed by atoms with Crippen LogP contribution in [0.3, 0.4) is 0 Å². The zero-order valence-electron chi connectivity index (χ0n) is 11.9. The standard InChI is InChI=1S/C14H16N2O3S2/c1-16(8-7-13(18)19-2)12(17)9-20-14-15-10-5-3-4-6-11(10)21-14/h3-6H,7-9H2,1-2H3. The molecule has 1 heterocycles. The molecule has 2 rings (SSSR count). The Kier molecular flexibility index (Phi) is 5.58. The molecule has 0 saturated heterocycles. The highest BCUT2D eigenvalue weighted by Crippen LogP contribution is 2.29. The Morgan fingerprint density at radius 3 is 2.86 bits per heavy atom. The second-order valence-electron chi connectivity index (χ2n) is 4.38. The third-order valence-corrected chi connectivity index (χ3v) is 5.06. The number of methoxy groups -OCH3 is 1. The molecular formula is C14H16N2O3S2. The van der Waals surface area contributed by atoms with Gasteiger partial charge in [0.05, 0.1) is 29.5 Å². The summed E-state index contributed by atoms with van der Waals surface area (Å²) in [7, 11) is 3.03. The first-order chi connectivity index (χ1) is 10.1. The molecule has 21 heavy (non-hydrogen) atoms. The number of fused-ring (bicyclic) bond motifs is 1. The fourth-order valence-electron chi connectivity index (χ4n) is 1.63. The zero-order valence-corrected chi connectivity index (χ0v) is 13.5. The van der Waals surface area contributed by atoms with E-state index >= 15 is 0 Å². The number of thioether (sulfide) groups is 1. The van der Waals surface area contributed by atoms with Gasteiger partial charge in [0.2, 0.25) is 5.91 Å². The molecule has 1 aromatic heterocycles. The quantitative estimate of drug-likeness (QED) is 0.603. The van der Waals surface area contributed by atoms with Gasteiger partial charge in [-0.15, -0.1) is 11.3 Å². The molecule has 0 aliphatic rings. The summed E-state index contributed by atoms with van der Waals surface area (Å²) in [4.78, 5) is 29.0. The van der Waals surface area contributed by atoms with E-state index in [1.54, 1.807) is 18.4 Å². The first kappa shape index (κ1) is 15.8. The third kappa shape index (κ3) is 4.44. The highest BCUT2D eigenvalue weighted by atomic mass is 32.2. The molecule has 0 spiro atoms. The summed E-state index contributed by atoms with van der Waals surface area (Å²) in [5.41, 5.74) is 0.955. The number of para-hydroxylation sites is 1. The van der Waals surface area contributed by atoms with Crippen molar-refractivity contribution in [2.75, 3.05) is 26.5 Å². The first-order valence-electron chi connectivity index (χ1n) is 6.39. The first-order valence-corrected chi connectivity index (χ1v) is 8.19. The van der Waals surface area contributed by atoms with Gasteiger partial charge >= 0.3 is 5.97 Å². The van der Waals surface area contributed by atoms with Gasteiger partial charge in [0.15, 0.2) is 4.34 Å². The molecule has 112 valence electrons. The molecule has 0 aliphatic carbocycles. The molecule has 5 nitrogen and oxygen atoms in total. The van der Waals surface area contributed by atoms with Crippen molar-refractivity contribution in [2.45, 2.75) is 10.8 Å². The molecule has 2 aromatic rings. The average molecular weight is 324 g/mol. The SMILES string of the molecule is COC(=O)CCN(C)C(=O)CSc1nc2ccccc2s1. The molecule has 0 aliphatic heterocycles. The van der Waals surface area contributed by atoms with Crippen molar-refractivity contribution in [1.82, 2.24) is 9.88 Å². The summed E-state index contributed by atoms with van der Waals surface area (Å²) in [6, 6.07) is 7.89. The second-order valence-corrected chi connectivity index (χ2v) is 6.63. The maximum absolute atomic E-state index is 12.0. The molecule has 0 N–H and O–H groups in total. The summed E-state index contributed by atoms with van der Waals surface area (Å²) in [5, 5.41) is 0. The lowest BCUT2D eigenvalue weighted by atomic mass is 10.3. The second kappa shape index (κ2) is 7.42. The lowest BCUT2D eigenvalue weighted by molar-refractivity contribution is -0.141. The van der Waals surface area contributed by atoms with E-state index in [0.717, 1.165) is 14.6 Å². The number of carbonyl (C=O) groups excluding carboxylic acids is 2. The van der Waals surface area contributed by atoms with Crippen LogP contribution in [0.2, 0.25) is 0 Å². The lowest BCUT2D eigenvalue weighted by Crippen LogP contribution is -2.30. The van der Waals surface area contributed by atoms with Crippen LogP contribution >= 0.6 is 23.1 Å². The monoisotopic (exact) mass is 324 g/mol. The van der Waals surface area contributed by atoms with Crippen LogP contribution in [0, 0.1) is 0 Å². The van der Waals surface area contributed by atoms with Crippen LogP contribution in [0.1, 0.15) is 6.42 Å². The number of benzene rings is 1. The van der Waals surface area contributed by atoms with Crippen LogP contribution in [0.5, 0.6) is 0 Å². The molecular weight excluding hydrogens is 308 g/mol. The largest absolute Gasteiger partial charge is 0.469 e. The maximum Gasteiger partial charge on any atom is 0.307 e. The maximum atomic E-state index is 12.0. The number of thiazole rings is 1. The van der Waals surface area contributed by atoms with Crippen molar-refractivity contribution in [2.24, 2.45) is 0 Å². The van der Waals surface area contributed by atoms with Crippen molar-refractivity contribution < 1.29 is 14.3 Å². The molecule has 1 amide bonds. The van der Waals surface area contributed by atoms with Crippen LogP contribution in [-0.2, 0) is 14.3 Å². The van der Waals surface area contributed by atoms with Crippen LogP contribution in [0.4, 0.5) is 0 Å². The number of nitrogens with zero attached hydrogens (tertiary/aromatic N) is 2. The van der Waals surface area contributed by atoms with Gasteiger partial charge in [-0.2, -0.15) is 0 Å². The summed E-state index contributed by atoms with van der Waals surface area (Å²) < 4.78 is 6.55. The highest BCUT2D eigenvalue weighted by Gasteiger charge is 2.13. The number of amides is 1. The Bertz CT molecular complexity index is 609. The van der Waals surface area contributed by atoms with Gasteiger partial charge in [0, 0.05) is 13.6 Å². The van der Waals surface area contributed by atoms with E-state index in [1.165, 1.54) is 23.8 Å². The number of hydrogen-bond acceptors (Lipinski definition) is 6. The van der Waals surface area contributed by atoms with E-state index in [-0.39, 0.29) is 18.3 Å². The van der Waals surface area contributed by atoms with E-state index in [4.69, 9.17) is 0 Å². The van der Waals surface area contributed by atoms with Gasteiger partial charge in [-0.25, -0.2) is 4.98 Å². The fraction of sp³-hybridized carbons (Fsp3) is 0.357. The van der Waals surface area contributed by atoms with Crippen molar-refractivity contribution in [1.29, 1.82) is 0 Å². The molecule has 1 aromatic carbocycles. The minimum atomic E-state index is -0.312. The number of esters is 1.